The van der Waals surface area contributed by atoms with Gasteiger partial charge in [0.1, 0.15) is 0 Å². The van der Waals surface area contributed by atoms with Gasteiger partial charge in [0, 0.05) is 34.2 Å². The zero-order chi connectivity index (χ0) is 28.0. The second-order valence-corrected chi connectivity index (χ2v) is 11.7. The molecule has 7 nitrogen and oxygen atoms in total. The largest absolute Gasteiger partial charge is 0.318 e. The Hall–Kier alpha value is -3.72. The molecule has 0 aliphatic carbocycles. The van der Waals surface area contributed by atoms with Crippen LogP contribution in [0.15, 0.2) is 94.9 Å². The van der Waals surface area contributed by atoms with E-state index in [-0.39, 0.29) is 18.0 Å². The summed E-state index contributed by atoms with van der Waals surface area (Å²) < 4.78 is 30.1. The molecular weight excluding hydrogens is 532 g/mol. The van der Waals surface area contributed by atoms with E-state index < -0.39 is 15.9 Å². The molecule has 4 aromatic rings. The van der Waals surface area contributed by atoms with Crippen LogP contribution < -0.4 is 5.43 Å². The summed E-state index contributed by atoms with van der Waals surface area (Å²) >= 11 is 5.95. The standard InChI is InChI=1S/C30H31ClN4O3S/c1-22-9-13-28(14-10-22)35-23(2)19-26(24(35)3)20-32-33-30(36)21-34(18-17-25-7-5-4-6-8-25)39(37,38)29-15-11-27(31)12-16-29/h4-16,19-20H,17-18,21H2,1-3H3,(H,33,36)/b32-20-. The Morgan fingerprint density at radius 1 is 0.974 bits per heavy atom. The number of rotatable bonds is 10. The van der Waals surface area contributed by atoms with Crippen LogP contribution >= 0.6 is 11.6 Å². The van der Waals surface area contributed by atoms with Gasteiger partial charge in [-0.05, 0) is 75.2 Å². The van der Waals surface area contributed by atoms with Crippen LogP contribution in [-0.2, 0) is 21.2 Å². The molecule has 1 aromatic heterocycles. The molecule has 0 atom stereocenters. The second kappa shape index (κ2) is 12.4. The summed E-state index contributed by atoms with van der Waals surface area (Å²) in [5, 5.41) is 4.55. The minimum atomic E-state index is -3.94. The van der Waals surface area contributed by atoms with Gasteiger partial charge in [-0.3, -0.25) is 4.79 Å². The first-order valence-electron chi connectivity index (χ1n) is 12.5. The number of halogens is 1. The maximum absolute atomic E-state index is 13.4. The lowest BCUT2D eigenvalue weighted by Gasteiger charge is -2.21. The Labute approximate surface area is 234 Å². The van der Waals surface area contributed by atoms with E-state index in [1.807, 2.05) is 57.2 Å². The monoisotopic (exact) mass is 562 g/mol. The molecule has 0 unspecified atom stereocenters. The number of amides is 1. The number of carbonyl (C=O) groups is 1. The summed E-state index contributed by atoms with van der Waals surface area (Å²) in [6.45, 7) is 5.79. The SMILES string of the molecule is Cc1ccc(-n2c(C)cc(/C=N\NC(=O)CN(CCc3ccccc3)S(=O)(=O)c3ccc(Cl)cc3)c2C)cc1. The maximum Gasteiger partial charge on any atom is 0.255 e. The molecule has 1 heterocycles. The van der Waals surface area contributed by atoms with E-state index in [1.165, 1.54) is 29.8 Å². The van der Waals surface area contributed by atoms with Gasteiger partial charge >= 0.3 is 0 Å². The fourth-order valence-corrected chi connectivity index (χ4v) is 5.84. The minimum absolute atomic E-state index is 0.0693. The molecule has 0 fully saturated rings. The van der Waals surface area contributed by atoms with Gasteiger partial charge in [-0.25, -0.2) is 13.8 Å². The Morgan fingerprint density at radius 3 is 2.31 bits per heavy atom. The lowest BCUT2D eigenvalue weighted by molar-refractivity contribution is -0.121. The van der Waals surface area contributed by atoms with Crippen molar-refractivity contribution in [2.75, 3.05) is 13.1 Å². The lowest BCUT2D eigenvalue weighted by atomic mass is 10.1. The summed E-state index contributed by atoms with van der Waals surface area (Å²) in [6.07, 6.45) is 2.03. The van der Waals surface area contributed by atoms with Crippen molar-refractivity contribution in [2.45, 2.75) is 32.1 Å². The zero-order valence-corrected chi connectivity index (χ0v) is 23.7. The Kier molecular flexibility index (Phi) is 9.01. The van der Waals surface area contributed by atoms with Crippen molar-refractivity contribution in [1.82, 2.24) is 14.3 Å². The molecule has 9 heteroatoms. The van der Waals surface area contributed by atoms with Crippen LogP contribution in [0.1, 0.15) is 28.1 Å². The smallest absolute Gasteiger partial charge is 0.255 e. The van der Waals surface area contributed by atoms with Crippen molar-refractivity contribution in [3.63, 3.8) is 0 Å². The van der Waals surface area contributed by atoms with Gasteiger partial charge in [0.2, 0.25) is 10.0 Å². The van der Waals surface area contributed by atoms with Gasteiger partial charge in [0.05, 0.1) is 17.7 Å². The third-order valence-electron chi connectivity index (χ3n) is 6.42. The van der Waals surface area contributed by atoms with Gasteiger partial charge in [-0.15, -0.1) is 0 Å². The number of hydrazone groups is 1. The summed E-state index contributed by atoms with van der Waals surface area (Å²) in [5.41, 5.74) is 8.54. The van der Waals surface area contributed by atoms with Crippen LogP contribution in [0, 0.1) is 20.8 Å². The molecule has 1 amide bonds. The lowest BCUT2D eigenvalue weighted by Crippen LogP contribution is -2.40. The van der Waals surface area contributed by atoms with Crippen LogP contribution in [0.3, 0.4) is 0 Å². The Morgan fingerprint density at radius 2 is 1.64 bits per heavy atom. The quantitative estimate of drug-likeness (QED) is 0.206. The van der Waals surface area contributed by atoms with Crippen molar-refractivity contribution in [3.05, 3.63) is 118 Å². The topological polar surface area (TPSA) is 83.8 Å². The molecule has 202 valence electrons. The van der Waals surface area contributed by atoms with Crippen molar-refractivity contribution >= 4 is 33.7 Å². The second-order valence-electron chi connectivity index (χ2n) is 9.32. The highest BCUT2D eigenvalue weighted by molar-refractivity contribution is 7.89. The minimum Gasteiger partial charge on any atom is -0.318 e. The van der Waals surface area contributed by atoms with E-state index in [0.29, 0.717) is 11.4 Å². The fourth-order valence-electron chi connectivity index (χ4n) is 4.32. The number of carbonyl (C=O) groups excluding carboxylic acids is 1. The first kappa shape index (κ1) is 28.3. The van der Waals surface area contributed by atoms with Crippen molar-refractivity contribution in [1.29, 1.82) is 0 Å². The normalized spacial score (nSPS) is 11.8. The van der Waals surface area contributed by atoms with Gasteiger partial charge in [-0.1, -0.05) is 59.6 Å². The number of aromatic nitrogens is 1. The van der Waals surface area contributed by atoms with E-state index in [2.05, 4.69) is 39.4 Å². The molecule has 3 aromatic carbocycles. The molecule has 0 saturated carbocycles. The number of sulfonamides is 1. The predicted octanol–water partition coefficient (Wildman–Crippen LogP) is 5.44. The third kappa shape index (κ3) is 7.03. The molecule has 0 bridgehead atoms. The average Bonchev–Trinajstić information content (AvgIpc) is 3.20. The van der Waals surface area contributed by atoms with E-state index >= 15 is 0 Å². The number of hydrogen-bond donors (Lipinski definition) is 1. The van der Waals surface area contributed by atoms with Crippen molar-refractivity contribution in [2.24, 2.45) is 5.10 Å². The first-order chi connectivity index (χ1) is 18.6. The number of hydrogen-bond acceptors (Lipinski definition) is 4. The summed E-state index contributed by atoms with van der Waals surface area (Å²) in [6, 6.07) is 25.7. The molecule has 4 rings (SSSR count). The van der Waals surface area contributed by atoms with Gasteiger partial charge < -0.3 is 4.57 Å². The van der Waals surface area contributed by atoms with Crippen LogP contribution in [0.4, 0.5) is 0 Å². The molecule has 0 spiro atoms. The van der Waals surface area contributed by atoms with Crippen LogP contribution in [0.5, 0.6) is 0 Å². The van der Waals surface area contributed by atoms with Crippen molar-refractivity contribution < 1.29 is 13.2 Å². The summed E-state index contributed by atoms with van der Waals surface area (Å²) in [5.74, 6) is -0.538. The molecule has 0 radical (unpaired) electrons. The molecule has 0 aliphatic rings. The molecular formula is C30H31ClN4O3S. The molecule has 39 heavy (non-hydrogen) atoms. The molecule has 0 aliphatic heterocycles. The fraction of sp³-hybridized carbons (Fsp3) is 0.200. The molecule has 0 saturated heterocycles. The Bertz CT molecular complexity index is 1560. The Balaban J connectivity index is 1.48. The zero-order valence-electron chi connectivity index (χ0n) is 22.1. The number of benzene rings is 3. The van der Waals surface area contributed by atoms with E-state index in [0.717, 1.165) is 32.5 Å². The maximum atomic E-state index is 13.4. The molecule has 1 N–H and O–H groups in total. The van der Waals surface area contributed by atoms with E-state index in [9.17, 15) is 13.2 Å². The average molecular weight is 563 g/mol. The highest BCUT2D eigenvalue weighted by Crippen LogP contribution is 2.21. The van der Waals surface area contributed by atoms with E-state index in [4.69, 9.17) is 11.6 Å². The summed E-state index contributed by atoms with van der Waals surface area (Å²) in [7, 11) is -3.94. The van der Waals surface area contributed by atoms with Crippen LogP contribution in [-0.4, -0.2) is 42.5 Å². The van der Waals surface area contributed by atoms with Gasteiger partial charge in [-0.2, -0.15) is 9.41 Å². The highest BCUT2D eigenvalue weighted by atomic mass is 35.5. The highest BCUT2D eigenvalue weighted by Gasteiger charge is 2.26. The van der Waals surface area contributed by atoms with Gasteiger partial charge in [0.15, 0.2) is 0 Å². The number of nitrogens with zero attached hydrogens (tertiary/aromatic N) is 3. The van der Waals surface area contributed by atoms with Crippen molar-refractivity contribution in [3.8, 4) is 5.69 Å². The van der Waals surface area contributed by atoms with Crippen LogP contribution in [0.25, 0.3) is 5.69 Å². The van der Waals surface area contributed by atoms with E-state index in [1.54, 1.807) is 6.21 Å². The summed E-state index contributed by atoms with van der Waals surface area (Å²) in [4.78, 5) is 12.9. The van der Waals surface area contributed by atoms with Gasteiger partial charge in [0.25, 0.3) is 5.91 Å². The third-order valence-corrected chi connectivity index (χ3v) is 8.53. The first-order valence-corrected chi connectivity index (χ1v) is 14.3. The van der Waals surface area contributed by atoms with Crippen LogP contribution in [0.2, 0.25) is 5.02 Å². The predicted molar refractivity (Wildman–Crippen MR) is 156 cm³/mol. The number of nitrogens with one attached hydrogen (secondary N) is 1. The number of aryl methyl sites for hydroxylation is 2.